The quantitative estimate of drug-likeness (QED) is 0.790. The Morgan fingerprint density at radius 1 is 1.39 bits per heavy atom. The second kappa shape index (κ2) is 6.87. The first-order chi connectivity index (χ1) is 8.28. The molecule has 0 aromatic heterocycles. The van der Waals surface area contributed by atoms with Crippen LogP contribution in [0.1, 0.15) is 33.6 Å². The molecule has 1 heterocycles. The number of nitrogens with zero attached hydrogens (tertiary/aromatic N) is 1. The molecule has 0 aromatic rings. The van der Waals surface area contributed by atoms with Crippen LogP contribution in [0, 0.1) is 5.92 Å². The van der Waals surface area contributed by atoms with Gasteiger partial charge in [-0.1, -0.05) is 13.8 Å². The highest BCUT2D eigenvalue weighted by molar-refractivity contribution is 7.90. The smallest absolute Gasteiger partial charge is 0.147 e. The van der Waals surface area contributed by atoms with E-state index in [9.17, 15) is 8.42 Å². The summed E-state index contributed by atoms with van der Waals surface area (Å²) in [6, 6.07) is 1.06. The van der Waals surface area contributed by atoms with Crippen LogP contribution in [-0.4, -0.2) is 57.0 Å². The maximum atomic E-state index is 11.2. The first-order valence-electron chi connectivity index (χ1n) is 6.93. The van der Waals surface area contributed by atoms with Crippen molar-refractivity contribution in [2.75, 3.05) is 31.6 Å². The highest BCUT2D eigenvalue weighted by Crippen LogP contribution is 2.15. The Kier molecular flexibility index (Phi) is 6.08. The third-order valence-electron chi connectivity index (χ3n) is 3.43. The van der Waals surface area contributed by atoms with E-state index in [1.807, 2.05) is 0 Å². The Morgan fingerprint density at radius 2 is 2.06 bits per heavy atom. The molecule has 0 aliphatic carbocycles. The van der Waals surface area contributed by atoms with Gasteiger partial charge in [-0.25, -0.2) is 8.42 Å². The van der Waals surface area contributed by atoms with Crippen molar-refractivity contribution in [2.45, 2.75) is 45.7 Å². The van der Waals surface area contributed by atoms with E-state index < -0.39 is 9.84 Å². The average Bonchev–Trinajstić information content (AvgIpc) is 2.19. The van der Waals surface area contributed by atoms with E-state index in [1.165, 1.54) is 12.7 Å². The van der Waals surface area contributed by atoms with Crippen LogP contribution in [0.2, 0.25) is 0 Å². The highest BCUT2D eigenvalue weighted by Gasteiger charge is 2.25. The van der Waals surface area contributed by atoms with Gasteiger partial charge in [-0.05, 0) is 32.2 Å². The standard InChI is InChI=1S/C13H28N2O2S/c1-11(2)8-13-9-14-12(3)10-15(13)6-5-7-18(4,16)17/h11-14H,5-10H2,1-4H3. The molecule has 0 amide bonds. The van der Waals surface area contributed by atoms with Crippen LogP contribution < -0.4 is 5.32 Å². The fourth-order valence-corrected chi connectivity index (χ4v) is 3.27. The fourth-order valence-electron chi connectivity index (χ4n) is 2.61. The molecular formula is C13H28N2O2S. The van der Waals surface area contributed by atoms with Crippen LogP contribution in [0.15, 0.2) is 0 Å². The summed E-state index contributed by atoms with van der Waals surface area (Å²) in [6.07, 6.45) is 3.25. The summed E-state index contributed by atoms with van der Waals surface area (Å²) in [5.41, 5.74) is 0. The second-order valence-electron chi connectivity index (χ2n) is 6.07. The third kappa shape index (κ3) is 6.16. The van der Waals surface area contributed by atoms with Crippen LogP contribution in [0.3, 0.4) is 0 Å². The Labute approximate surface area is 112 Å². The lowest BCUT2D eigenvalue weighted by Crippen LogP contribution is -2.56. The number of sulfone groups is 1. The van der Waals surface area contributed by atoms with E-state index >= 15 is 0 Å². The molecule has 0 bridgehead atoms. The summed E-state index contributed by atoms with van der Waals surface area (Å²) < 4.78 is 22.3. The molecule has 108 valence electrons. The topological polar surface area (TPSA) is 49.4 Å². The van der Waals surface area contributed by atoms with Gasteiger partial charge in [0.05, 0.1) is 5.75 Å². The minimum Gasteiger partial charge on any atom is -0.311 e. The summed E-state index contributed by atoms with van der Waals surface area (Å²) >= 11 is 0. The number of rotatable bonds is 6. The van der Waals surface area contributed by atoms with Crippen molar-refractivity contribution in [3.8, 4) is 0 Å². The van der Waals surface area contributed by atoms with E-state index in [-0.39, 0.29) is 0 Å². The molecule has 1 aliphatic heterocycles. The van der Waals surface area contributed by atoms with Gasteiger partial charge in [0.2, 0.25) is 0 Å². The predicted molar refractivity (Wildman–Crippen MR) is 76.6 cm³/mol. The summed E-state index contributed by atoms with van der Waals surface area (Å²) in [5.74, 6) is 0.988. The molecule has 18 heavy (non-hydrogen) atoms. The lowest BCUT2D eigenvalue weighted by Gasteiger charge is -2.40. The van der Waals surface area contributed by atoms with Crippen molar-refractivity contribution in [3.63, 3.8) is 0 Å². The number of hydrogen-bond donors (Lipinski definition) is 1. The largest absolute Gasteiger partial charge is 0.311 e. The molecule has 1 rings (SSSR count). The lowest BCUT2D eigenvalue weighted by molar-refractivity contribution is 0.119. The van der Waals surface area contributed by atoms with Crippen molar-refractivity contribution < 1.29 is 8.42 Å². The Balaban J connectivity index is 2.46. The maximum Gasteiger partial charge on any atom is 0.147 e. The number of piperazine rings is 1. The van der Waals surface area contributed by atoms with Crippen molar-refractivity contribution >= 4 is 9.84 Å². The monoisotopic (exact) mass is 276 g/mol. The zero-order valence-corrected chi connectivity index (χ0v) is 13.0. The van der Waals surface area contributed by atoms with Crippen LogP contribution in [0.4, 0.5) is 0 Å². The summed E-state index contributed by atoms with van der Waals surface area (Å²) in [4.78, 5) is 2.46. The molecule has 1 N–H and O–H groups in total. The first-order valence-corrected chi connectivity index (χ1v) is 8.99. The minimum absolute atomic E-state index is 0.305. The molecular weight excluding hydrogens is 248 g/mol. The molecule has 1 aliphatic rings. The molecule has 2 atom stereocenters. The normalized spacial score (nSPS) is 26.7. The van der Waals surface area contributed by atoms with Gasteiger partial charge in [-0.15, -0.1) is 0 Å². The van der Waals surface area contributed by atoms with Crippen LogP contribution in [0.5, 0.6) is 0 Å². The van der Waals surface area contributed by atoms with Gasteiger partial charge in [-0.3, -0.25) is 4.90 Å². The molecule has 0 saturated carbocycles. The van der Waals surface area contributed by atoms with Crippen molar-refractivity contribution in [1.82, 2.24) is 10.2 Å². The minimum atomic E-state index is -2.82. The van der Waals surface area contributed by atoms with Gasteiger partial charge in [0, 0.05) is 31.4 Å². The molecule has 4 nitrogen and oxygen atoms in total. The molecule has 1 saturated heterocycles. The molecule has 2 unspecified atom stereocenters. The van der Waals surface area contributed by atoms with Gasteiger partial charge < -0.3 is 5.32 Å². The molecule has 0 radical (unpaired) electrons. The summed E-state index contributed by atoms with van der Waals surface area (Å²) in [7, 11) is -2.82. The maximum absolute atomic E-state index is 11.2. The predicted octanol–water partition coefficient (Wildman–Crippen LogP) is 1.13. The summed E-state index contributed by atoms with van der Waals surface area (Å²) in [6.45, 7) is 9.63. The van der Waals surface area contributed by atoms with Crippen LogP contribution >= 0.6 is 0 Å². The van der Waals surface area contributed by atoms with E-state index in [0.717, 1.165) is 26.1 Å². The van der Waals surface area contributed by atoms with Gasteiger partial charge in [0.1, 0.15) is 9.84 Å². The molecule has 0 spiro atoms. The third-order valence-corrected chi connectivity index (χ3v) is 4.46. The van der Waals surface area contributed by atoms with E-state index in [0.29, 0.717) is 23.8 Å². The SMILES string of the molecule is CC(C)CC1CNC(C)CN1CCCS(C)(=O)=O. The zero-order chi connectivity index (χ0) is 13.8. The average molecular weight is 276 g/mol. The van der Waals surface area contributed by atoms with Crippen molar-refractivity contribution in [1.29, 1.82) is 0 Å². The van der Waals surface area contributed by atoms with E-state index in [4.69, 9.17) is 0 Å². The molecule has 1 fully saturated rings. The zero-order valence-electron chi connectivity index (χ0n) is 12.1. The van der Waals surface area contributed by atoms with Gasteiger partial charge in [0.15, 0.2) is 0 Å². The van der Waals surface area contributed by atoms with Gasteiger partial charge in [-0.2, -0.15) is 0 Å². The fraction of sp³-hybridized carbons (Fsp3) is 1.00. The highest BCUT2D eigenvalue weighted by atomic mass is 32.2. The summed E-state index contributed by atoms with van der Waals surface area (Å²) in [5, 5.41) is 3.51. The van der Waals surface area contributed by atoms with Crippen molar-refractivity contribution in [2.24, 2.45) is 5.92 Å². The molecule has 5 heteroatoms. The second-order valence-corrected chi connectivity index (χ2v) is 8.33. The first kappa shape index (κ1) is 15.9. The number of hydrogen-bond acceptors (Lipinski definition) is 4. The van der Waals surface area contributed by atoms with E-state index in [1.54, 1.807) is 0 Å². The van der Waals surface area contributed by atoms with E-state index in [2.05, 4.69) is 31.0 Å². The lowest BCUT2D eigenvalue weighted by atomic mass is 9.99. The van der Waals surface area contributed by atoms with Crippen LogP contribution in [-0.2, 0) is 9.84 Å². The Hall–Kier alpha value is -0.130. The molecule has 0 aromatic carbocycles. The Bertz CT molecular complexity index is 341. The van der Waals surface area contributed by atoms with Gasteiger partial charge >= 0.3 is 0 Å². The van der Waals surface area contributed by atoms with Crippen molar-refractivity contribution in [3.05, 3.63) is 0 Å². The van der Waals surface area contributed by atoms with Gasteiger partial charge in [0.25, 0.3) is 0 Å². The Morgan fingerprint density at radius 3 is 2.61 bits per heavy atom. The number of nitrogens with one attached hydrogen (secondary N) is 1. The van der Waals surface area contributed by atoms with Crippen LogP contribution in [0.25, 0.3) is 0 Å².